The summed E-state index contributed by atoms with van der Waals surface area (Å²) in [5.41, 5.74) is 3.85. The van der Waals surface area contributed by atoms with Crippen molar-refractivity contribution < 1.29 is 4.74 Å². The third-order valence-electron chi connectivity index (χ3n) is 2.71. The number of benzene rings is 2. The molecular weight excluding hydrogens is 196 g/mol. The van der Waals surface area contributed by atoms with E-state index in [0.717, 1.165) is 12.2 Å². The number of rotatable bonds is 3. The van der Waals surface area contributed by atoms with Crippen LogP contribution < -0.4 is 4.74 Å². The summed E-state index contributed by atoms with van der Waals surface area (Å²) in [4.78, 5) is 0. The van der Waals surface area contributed by atoms with Crippen LogP contribution >= 0.6 is 0 Å². The van der Waals surface area contributed by atoms with E-state index in [0.29, 0.717) is 0 Å². The Morgan fingerprint density at radius 2 is 1.69 bits per heavy atom. The SMILES string of the molecule is COc1ccc(Cc2ccccc2)cc1C. The van der Waals surface area contributed by atoms with Crippen molar-refractivity contribution in [1.29, 1.82) is 0 Å². The third-order valence-corrected chi connectivity index (χ3v) is 2.71. The van der Waals surface area contributed by atoms with Crippen LogP contribution in [-0.4, -0.2) is 7.11 Å². The first-order valence-corrected chi connectivity index (χ1v) is 5.47. The predicted octanol–water partition coefficient (Wildman–Crippen LogP) is 3.59. The summed E-state index contributed by atoms with van der Waals surface area (Å²) in [6, 6.07) is 16.8. The van der Waals surface area contributed by atoms with Crippen LogP contribution in [0.2, 0.25) is 0 Å². The van der Waals surface area contributed by atoms with E-state index in [1.165, 1.54) is 16.7 Å². The predicted molar refractivity (Wildman–Crippen MR) is 67.0 cm³/mol. The van der Waals surface area contributed by atoms with Crippen molar-refractivity contribution >= 4 is 0 Å². The van der Waals surface area contributed by atoms with Crippen molar-refractivity contribution in [1.82, 2.24) is 0 Å². The third kappa shape index (κ3) is 2.43. The Hall–Kier alpha value is -1.76. The largest absolute Gasteiger partial charge is 0.496 e. The maximum atomic E-state index is 5.25. The van der Waals surface area contributed by atoms with Gasteiger partial charge in [0, 0.05) is 0 Å². The van der Waals surface area contributed by atoms with E-state index in [9.17, 15) is 0 Å². The van der Waals surface area contributed by atoms with Crippen LogP contribution in [0.15, 0.2) is 48.5 Å². The molecule has 0 radical (unpaired) electrons. The van der Waals surface area contributed by atoms with Crippen LogP contribution in [0.5, 0.6) is 5.75 Å². The van der Waals surface area contributed by atoms with Gasteiger partial charge in [-0.2, -0.15) is 0 Å². The van der Waals surface area contributed by atoms with E-state index >= 15 is 0 Å². The van der Waals surface area contributed by atoms with E-state index in [-0.39, 0.29) is 0 Å². The van der Waals surface area contributed by atoms with E-state index in [2.05, 4.69) is 43.3 Å². The van der Waals surface area contributed by atoms with Gasteiger partial charge in [0.15, 0.2) is 0 Å². The average Bonchev–Trinajstić information content (AvgIpc) is 2.31. The molecule has 0 spiro atoms. The topological polar surface area (TPSA) is 9.23 Å². The minimum absolute atomic E-state index is 0.955. The van der Waals surface area contributed by atoms with Crippen molar-refractivity contribution in [2.24, 2.45) is 0 Å². The lowest BCUT2D eigenvalue weighted by Gasteiger charge is -2.07. The van der Waals surface area contributed by atoms with E-state index in [1.54, 1.807) is 7.11 Å². The lowest BCUT2D eigenvalue weighted by Crippen LogP contribution is -1.91. The lowest BCUT2D eigenvalue weighted by atomic mass is 10.0. The molecule has 0 unspecified atom stereocenters. The van der Waals surface area contributed by atoms with Gasteiger partial charge >= 0.3 is 0 Å². The van der Waals surface area contributed by atoms with Crippen molar-refractivity contribution in [3.8, 4) is 5.75 Å². The highest BCUT2D eigenvalue weighted by Crippen LogP contribution is 2.20. The molecule has 82 valence electrons. The summed E-state index contributed by atoms with van der Waals surface area (Å²) in [5.74, 6) is 0.955. The molecule has 1 nitrogen and oxygen atoms in total. The molecule has 0 bridgehead atoms. The first-order valence-electron chi connectivity index (χ1n) is 5.47. The molecule has 1 heteroatoms. The Morgan fingerprint density at radius 3 is 2.31 bits per heavy atom. The summed E-state index contributed by atoms with van der Waals surface area (Å²) >= 11 is 0. The Kier molecular flexibility index (Phi) is 3.25. The standard InChI is InChI=1S/C15H16O/c1-12-10-14(8-9-15(12)16-2)11-13-6-4-3-5-7-13/h3-10H,11H2,1-2H3. The Bertz CT molecular complexity index is 460. The normalized spacial score (nSPS) is 10.1. The highest BCUT2D eigenvalue weighted by atomic mass is 16.5. The summed E-state index contributed by atoms with van der Waals surface area (Å²) in [7, 11) is 1.71. The van der Waals surface area contributed by atoms with Crippen LogP contribution in [0.1, 0.15) is 16.7 Å². The fraction of sp³-hybridized carbons (Fsp3) is 0.200. The van der Waals surface area contributed by atoms with Gasteiger partial charge in [-0.1, -0.05) is 42.5 Å². The Balaban J connectivity index is 2.20. The minimum Gasteiger partial charge on any atom is -0.496 e. The second-order valence-corrected chi connectivity index (χ2v) is 3.97. The highest BCUT2D eigenvalue weighted by Gasteiger charge is 2.00. The van der Waals surface area contributed by atoms with Gasteiger partial charge in [0.25, 0.3) is 0 Å². The van der Waals surface area contributed by atoms with Crippen molar-refractivity contribution in [3.63, 3.8) is 0 Å². The van der Waals surface area contributed by atoms with Crippen molar-refractivity contribution in [3.05, 3.63) is 65.2 Å². The van der Waals surface area contributed by atoms with E-state index in [1.807, 2.05) is 12.1 Å². The fourth-order valence-electron chi connectivity index (χ4n) is 1.88. The van der Waals surface area contributed by atoms with Crippen LogP contribution in [0.4, 0.5) is 0 Å². The summed E-state index contributed by atoms with van der Waals surface area (Å²) in [6.07, 6.45) is 0.978. The molecule has 2 rings (SSSR count). The Labute approximate surface area is 96.7 Å². The summed E-state index contributed by atoms with van der Waals surface area (Å²) in [6.45, 7) is 2.08. The van der Waals surface area contributed by atoms with Gasteiger partial charge in [-0.05, 0) is 36.1 Å². The maximum Gasteiger partial charge on any atom is 0.121 e. The molecule has 0 aliphatic rings. The minimum atomic E-state index is 0.955. The lowest BCUT2D eigenvalue weighted by molar-refractivity contribution is 0.411. The van der Waals surface area contributed by atoms with Crippen molar-refractivity contribution in [2.75, 3.05) is 7.11 Å². The van der Waals surface area contributed by atoms with Gasteiger partial charge in [0.05, 0.1) is 7.11 Å². The first kappa shape index (κ1) is 10.7. The molecule has 0 aliphatic carbocycles. The van der Waals surface area contributed by atoms with Crippen LogP contribution in [0.3, 0.4) is 0 Å². The summed E-state index contributed by atoms with van der Waals surface area (Å²) < 4.78 is 5.25. The second kappa shape index (κ2) is 4.84. The highest BCUT2D eigenvalue weighted by molar-refractivity contribution is 5.38. The van der Waals surface area contributed by atoms with Gasteiger partial charge in [-0.25, -0.2) is 0 Å². The Morgan fingerprint density at radius 1 is 0.938 bits per heavy atom. The zero-order valence-electron chi connectivity index (χ0n) is 9.73. The number of hydrogen-bond donors (Lipinski definition) is 0. The van der Waals surface area contributed by atoms with E-state index < -0.39 is 0 Å². The molecule has 2 aromatic carbocycles. The van der Waals surface area contributed by atoms with Crippen LogP contribution in [-0.2, 0) is 6.42 Å². The van der Waals surface area contributed by atoms with Gasteiger partial charge in [-0.3, -0.25) is 0 Å². The molecular formula is C15H16O. The molecule has 0 saturated heterocycles. The molecule has 0 aromatic heterocycles. The monoisotopic (exact) mass is 212 g/mol. The van der Waals surface area contributed by atoms with E-state index in [4.69, 9.17) is 4.74 Å². The summed E-state index contributed by atoms with van der Waals surface area (Å²) in [5, 5.41) is 0. The molecule has 0 N–H and O–H groups in total. The van der Waals surface area contributed by atoms with Crippen LogP contribution in [0, 0.1) is 6.92 Å². The van der Waals surface area contributed by atoms with Gasteiger partial charge in [0.1, 0.15) is 5.75 Å². The number of ether oxygens (including phenoxy) is 1. The van der Waals surface area contributed by atoms with Gasteiger partial charge in [0.2, 0.25) is 0 Å². The number of methoxy groups -OCH3 is 1. The maximum absolute atomic E-state index is 5.25. The molecule has 0 fully saturated rings. The fourth-order valence-corrected chi connectivity index (χ4v) is 1.88. The molecule has 2 aromatic rings. The number of aryl methyl sites for hydroxylation is 1. The molecule has 0 saturated carbocycles. The van der Waals surface area contributed by atoms with Crippen LogP contribution in [0.25, 0.3) is 0 Å². The number of hydrogen-bond acceptors (Lipinski definition) is 1. The smallest absolute Gasteiger partial charge is 0.121 e. The van der Waals surface area contributed by atoms with Gasteiger partial charge < -0.3 is 4.74 Å². The first-order chi connectivity index (χ1) is 7.79. The van der Waals surface area contributed by atoms with Crippen molar-refractivity contribution in [2.45, 2.75) is 13.3 Å². The quantitative estimate of drug-likeness (QED) is 0.755. The van der Waals surface area contributed by atoms with Gasteiger partial charge in [-0.15, -0.1) is 0 Å². The molecule has 16 heavy (non-hydrogen) atoms. The molecule has 0 atom stereocenters. The zero-order chi connectivity index (χ0) is 11.4. The zero-order valence-corrected chi connectivity index (χ0v) is 9.73. The average molecular weight is 212 g/mol. The second-order valence-electron chi connectivity index (χ2n) is 3.97. The molecule has 0 amide bonds. The molecule has 0 heterocycles. The molecule has 0 aliphatic heterocycles.